The number of fused-ring (bicyclic) bond motifs is 1. The molecular weight excluding hydrogens is 246 g/mol. The molecule has 0 aliphatic heterocycles. The van der Waals surface area contributed by atoms with Crippen LogP contribution in [0.3, 0.4) is 0 Å². The lowest BCUT2D eigenvalue weighted by molar-refractivity contribution is 0.451. The van der Waals surface area contributed by atoms with Crippen LogP contribution < -0.4 is 16.2 Å². The summed E-state index contributed by atoms with van der Waals surface area (Å²) in [6, 6.07) is 10.6. The number of aromatic amines is 1. The largest absolute Gasteiger partial charge is 0.438 e. The van der Waals surface area contributed by atoms with Crippen molar-refractivity contribution in [3.05, 3.63) is 52.4 Å². The van der Waals surface area contributed by atoms with Crippen LogP contribution in [-0.4, -0.2) is 19.8 Å². The van der Waals surface area contributed by atoms with E-state index in [-0.39, 0.29) is 0 Å². The molecule has 2 aromatic heterocycles. The number of rotatable bonds is 3. The maximum absolute atomic E-state index is 11.4. The predicted octanol–water partition coefficient (Wildman–Crippen LogP) is 0.669. The summed E-state index contributed by atoms with van der Waals surface area (Å²) in [5, 5.41) is 10.1. The van der Waals surface area contributed by atoms with Gasteiger partial charge in [-0.3, -0.25) is 0 Å². The predicted molar refractivity (Wildman–Crippen MR) is 68.0 cm³/mol. The first-order valence-electron chi connectivity index (χ1n) is 5.67. The van der Waals surface area contributed by atoms with E-state index in [9.17, 15) is 4.79 Å². The highest BCUT2D eigenvalue weighted by atomic mass is 16.5. The van der Waals surface area contributed by atoms with Crippen molar-refractivity contribution in [2.24, 2.45) is 5.73 Å². The number of hydrogen-bond donors (Lipinski definition) is 2. The Morgan fingerprint density at radius 1 is 1.21 bits per heavy atom. The van der Waals surface area contributed by atoms with Crippen molar-refractivity contribution in [1.82, 2.24) is 19.8 Å². The third-order valence-electron chi connectivity index (χ3n) is 2.63. The second-order valence-corrected chi connectivity index (χ2v) is 3.92. The topological polar surface area (TPSA) is 98.3 Å². The van der Waals surface area contributed by atoms with Crippen LogP contribution in [0.25, 0.3) is 5.65 Å². The van der Waals surface area contributed by atoms with Crippen molar-refractivity contribution in [1.29, 1.82) is 0 Å². The van der Waals surface area contributed by atoms with Crippen molar-refractivity contribution >= 4 is 5.65 Å². The lowest BCUT2D eigenvalue weighted by Gasteiger charge is -2.05. The Morgan fingerprint density at radius 3 is 2.74 bits per heavy atom. The van der Waals surface area contributed by atoms with Gasteiger partial charge in [-0.2, -0.15) is 9.61 Å². The number of nitrogens with one attached hydrogen (secondary N) is 1. The van der Waals surface area contributed by atoms with Crippen LogP contribution in [0.5, 0.6) is 11.6 Å². The molecule has 0 unspecified atom stereocenters. The number of nitrogens with zero attached hydrogens (tertiary/aromatic N) is 3. The van der Waals surface area contributed by atoms with Crippen LogP contribution in [0.4, 0.5) is 0 Å². The smallest absolute Gasteiger partial charge is 0.364 e. The highest BCUT2D eigenvalue weighted by Gasteiger charge is 2.04. The van der Waals surface area contributed by atoms with Gasteiger partial charge in [-0.15, -0.1) is 5.10 Å². The van der Waals surface area contributed by atoms with Gasteiger partial charge in [0.25, 0.3) is 0 Å². The van der Waals surface area contributed by atoms with Gasteiger partial charge in [-0.05, 0) is 23.8 Å². The van der Waals surface area contributed by atoms with Crippen LogP contribution in [0.2, 0.25) is 0 Å². The standard InChI is InChI=1S/C12H11N5O2/c13-7-8-1-3-9(4-2-8)19-11-6-5-10-14-15-12(18)17(10)16-11/h1-6H,7,13H2,(H,15,18). The molecule has 3 rings (SSSR count). The summed E-state index contributed by atoms with van der Waals surface area (Å²) in [6.07, 6.45) is 0. The molecule has 0 spiro atoms. The number of nitrogens with two attached hydrogens (primary N) is 1. The minimum absolute atomic E-state index is 0.316. The molecule has 0 aliphatic rings. The molecule has 0 saturated heterocycles. The summed E-state index contributed by atoms with van der Waals surface area (Å²) in [5.74, 6) is 0.942. The molecule has 2 heterocycles. The summed E-state index contributed by atoms with van der Waals surface area (Å²) in [5.41, 5.74) is 6.57. The molecular formula is C12H11N5O2. The first kappa shape index (κ1) is 11.4. The third-order valence-corrected chi connectivity index (χ3v) is 2.63. The molecule has 3 N–H and O–H groups in total. The molecule has 7 heteroatoms. The number of benzene rings is 1. The first-order chi connectivity index (χ1) is 9.26. The Morgan fingerprint density at radius 2 is 2.00 bits per heavy atom. The molecule has 0 atom stereocenters. The minimum atomic E-state index is -0.404. The van der Waals surface area contributed by atoms with Gasteiger partial charge in [0, 0.05) is 12.6 Å². The van der Waals surface area contributed by atoms with Gasteiger partial charge >= 0.3 is 5.69 Å². The average molecular weight is 257 g/mol. The number of aromatic nitrogens is 4. The second kappa shape index (κ2) is 4.54. The average Bonchev–Trinajstić information content (AvgIpc) is 2.81. The molecule has 0 aliphatic carbocycles. The van der Waals surface area contributed by atoms with E-state index in [1.54, 1.807) is 24.3 Å². The Bertz CT molecular complexity index is 760. The van der Waals surface area contributed by atoms with Crippen molar-refractivity contribution in [3.63, 3.8) is 0 Å². The number of hydrogen-bond acceptors (Lipinski definition) is 5. The van der Waals surface area contributed by atoms with E-state index in [1.807, 2.05) is 12.1 Å². The Labute approximate surface area is 107 Å². The van der Waals surface area contributed by atoms with Crippen molar-refractivity contribution in [3.8, 4) is 11.6 Å². The zero-order valence-electron chi connectivity index (χ0n) is 9.91. The van der Waals surface area contributed by atoms with E-state index >= 15 is 0 Å². The molecule has 1 aromatic carbocycles. The SMILES string of the molecule is NCc1ccc(Oc2ccc3n[nH]c(=O)n3n2)cc1. The Kier molecular flexibility index (Phi) is 2.73. The zero-order valence-corrected chi connectivity index (χ0v) is 9.91. The molecule has 3 aromatic rings. The lowest BCUT2D eigenvalue weighted by Crippen LogP contribution is -2.12. The van der Waals surface area contributed by atoms with Gasteiger partial charge < -0.3 is 10.5 Å². The van der Waals surface area contributed by atoms with Crippen LogP contribution in [-0.2, 0) is 6.54 Å². The molecule has 96 valence electrons. The normalized spacial score (nSPS) is 10.8. The molecule has 19 heavy (non-hydrogen) atoms. The fraction of sp³-hybridized carbons (Fsp3) is 0.0833. The first-order valence-corrected chi connectivity index (χ1v) is 5.67. The fourth-order valence-corrected chi connectivity index (χ4v) is 1.65. The fourth-order valence-electron chi connectivity index (χ4n) is 1.65. The van der Waals surface area contributed by atoms with E-state index in [4.69, 9.17) is 10.5 Å². The Balaban J connectivity index is 1.91. The van der Waals surface area contributed by atoms with Crippen molar-refractivity contribution in [2.75, 3.05) is 0 Å². The van der Waals surface area contributed by atoms with Gasteiger partial charge in [-0.1, -0.05) is 12.1 Å². The monoisotopic (exact) mass is 257 g/mol. The minimum Gasteiger partial charge on any atom is -0.438 e. The summed E-state index contributed by atoms with van der Waals surface area (Å²) >= 11 is 0. The van der Waals surface area contributed by atoms with Gasteiger partial charge in [0.1, 0.15) is 5.75 Å². The van der Waals surface area contributed by atoms with E-state index in [0.717, 1.165) is 10.1 Å². The van der Waals surface area contributed by atoms with E-state index in [2.05, 4.69) is 15.3 Å². The second-order valence-electron chi connectivity index (χ2n) is 3.92. The molecule has 0 fully saturated rings. The summed E-state index contributed by atoms with van der Waals surface area (Å²) in [7, 11) is 0. The molecule has 0 bridgehead atoms. The summed E-state index contributed by atoms with van der Waals surface area (Å²) in [4.78, 5) is 11.4. The molecule has 7 nitrogen and oxygen atoms in total. The maximum Gasteiger partial charge on any atom is 0.364 e. The van der Waals surface area contributed by atoms with Crippen LogP contribution >= 0.6 is 0 Å². The van der Waals surface area contributed by atoms with Crippen molar-refractivity contribution < 1.29 is 4.74 Å². The van der Waals surface area contributed by atoms with E-state index in [1.165, 1.54) is 0 Å². The third kappa shape index (κ3) is 2.18. The van der Waals surface area contributed by atoms with Crippen molar-refractivity contribution in [2.45, 2.75) is 6.54 Å². The molecule has 0 radical (unpaired) electrons. The molecule has 0 amide bonds. The highest BCUT2D eigenvalue weighted by Crippen LogP contribution is 2.19. The van der Waals surface area contributed by atoms with Crippen LogP contribution in [0.1, 0.15) is 5.56 Å². The summed E-state index contributed by atoms with van der Waals surface area (Å²) in [6.45, 7) is 0.481. The number of H-pyrrole nitrogens is 1. The lowest BCUT2D eigenvalue weighted by atomic mass is 10.2. The number of ether oxygens (including phenoxy) is 1. The van der Waals surface area contributed by atoms with Crippen LogP contribution in [0.15, 0.2) is 41.2 Å². The van der Waals surface area contributed by atoms with Gasteiger partial charge in [-0.25, -0.2) is 9.89 Å². The van der Waals surface area contributed by atoms with Gasteiger partial charge in [0.15, 0.2) is 5.65 Å². The van der Waals surface area contributed by atoms with E-state index < -0.39 is 5.69 Å². The quantitative estimate of drug-likeness (QED) is 0.718. The zero-order chi connectivity index (χ0) is 13.2. The maximum atomic E-state index is 11.4. The van der Waals surface area contributed by atoms with Gasteiger partial charge in [0.2, 0.25) is 5.88 Å². The van der Waals surface area contributed by atoms with Crippen LogP contribution in [0, 0.1) is 0 Å². The Hall–Kier alpha value is -2.67. The van der Waals surface area contributed by atoms with E-state index in [0.29, 0.717) is 23.8 Å². The molecule has 0 saturated carbocycles. The highest BCUT2D eigenvalue weighted by molar-refractivity contribution is 5.37. The van der Waals surface area contributed by atoms with Gasteiger partial charge in [0.05, 0.1) is 0 Å². The summed E-state index contributed by atoms with van der Waals surface area (Å²) < 4.78 is 6.70.